The van der Waals surface area contributed by atoms with Gasteiger partial charge in [-0.2, -0.15) is 0 Å². The van der Waals surface area contributed by atoms with Crippen LogP contribution in [0.1, 0.15) is 45.9 Å². The summed E-state index contributed by atoms with van der Waals surface area (Å²) < 4.78 is 10.9. The molecule has 0 bridgehead atoms. The summed E-state index contributed by atoms with van der Waals surface area (Å²) in [6.45, 7) is 9.60. The van der Waals surface area contributed by atoms with Crippen LogP contribution in [0.3, 0.4) is 0 Å². The highest BCUT2D eigenvalue weighted by atomic mass is 16.5. The minimum atomic E-state index is 0.181. The molecule has 5 heteroatoms. The van der Waals surface area contributed by atoms with Crippen LogP contribution in [0.4, 0.5) is 0 Å². The molecule has 0 spiro atoms. The minimum Gasteiger partial charge on any atom is -0.423 e. The van der Waals surface area contributed by atoms with Crippen LogP contribution < -0.4 is 5.32 Å². The van der Waals surface area contributed by atoms with Gasteiger partial charge in [-0.25, -0.2) is 0 Å². The summed E-state index contributed by atoms with van der Waals surface area (Å²) in [5, 5.41) is 11.3. The number of ether oxygens (including phenoxy) is 1. The highest BCUT2D eigenvalue weighted by Gasteiger charge is 2.06. The number of hydrogen-bond acceptors (Lipinski definition) is 5. The summed E-state index contributed by atoms with van der Waals surface area (Å²) in [4.78, 5) is 0. The lowest BCUT2D eigenvalue weighted by Gasteiger charge is -2.05. The molecule has 0 saturated carbocycles. The minimum absolute atomic E-state index is 0.181. The van der Waals surface area contributed by atoms with Gasteiger partial charge < -0.3 is 14.5 Å². The van der Waals surface area contributed by atoms with Crippen LogP contribution in [-0.2, 0) is 17.8 Å². The second kappa shape index (κ2) is 7.40. The second-order valence-electron chi connectivity index (χ2n) is 4.66. The van der Waals surface area contributed by atoms with Crippen molar-refractivity contribution in [3.63, 3.8) is 0 Å². The van der Waals surface area contributed by atoms with E-state index in [2.05, 4.69) is 29.4 Å². The molecule has 1 aromatic rings. The molecule has 17 heavy (non-hydrogen) atoms. The Morgan fingerprint density at radius 1 is 1.18 bits per heavy atom. The van der Waals surface area contributed by atoms with Gasteiger partial charge in [-0.3, -0.25) is 0 Å². The fraction of sp³-hybridized carbons (Fsp3) is 0.833. The fourth-order valence-electron chi connectivity index (χ4n) is 1.32. The van der Waals surface area contributed by atoms with Gasteiger partial charge >= 0.3 is 0 Å². The number of aromatic nitrogens is 2. The quantitative estimate of drug-likeness (QED) is 0.705. The molecule has 0 unspecified atom stereocenters. The van der Waals surface area contributed by atoms with E-state index in [4.69, 9.17) is 9.15 Å². The van der Waals surface area contributed by atoms with Crippen molar-refractivity contribution >= 4 is 0 Å². The SMILES string of the molecule is CC(C)NCCCc1nnc(COC(C)C)o1. The molecule has 0 aliphatic rings. The monoisotopic (exact) mass is 241 g/mol. The van der Waals surface area contributed by atoms with Crippen LogP contribution in [-0.4, -0.2) is 28.9 Å². The fourth-order valence-corrected chi connectivity index (χ4v) is 1.32. The molecule has 1 heterocycles. The Hall–Kier alpha value is -0.940. The first kappa shape index (κ1) is 14.1. The Morgan fingerprint density at radius 2 is 1.88 bits per heavy atom. The zero-order chi connectivity index (χ0) is 12.7. The van der Waals surface area contributed by atoms with Crippen LogP contribution in [0.15, 0.2) is 4.42 Å². The number of aryl methyl sites for hydroxylation is 1. The largest absolute Gasteiger partial charge is 0.423 e. The van der Waals surface area contributed by atoms with Gasteiger partial charge in [0.1, 0.15) is 6.61 Å². The van der Waals surface area contributed by atoms with Gasteiger partial charge in [-0.05, 0) is 26.8 Å². The molecule has 1 aromatic heterocycles. The predicted molar refractivity (Wildman–Crippen MR) is 65.7 cm³/mol. The summed E-state index contributed by atoms with van der Waals surface area (Å²) in [6.07, 6.45) is 2.00. The molecular weight excluding hydrogens is 218 g/mol. The topological polar surface area (TPSA) is 60.2 Å². The van der Waals surface area contributed by atoms with Crippen molar-refractivity contribution in [2.45, 2.75) is 59.3 Å². The Labute approximate surface area is 103 Å². The summed E-state index contributed by atoms with van der Waals surface area (Å²) in [5.74, 6) is 1.25. The van der Waals surface area contributed by atoms with E-state index < -0.39 is 0 Å². The summed E-state index contributed by atoms with van der Waals surface area (Å²) in [7, 11) is 0. The van der Waals surface area contributed by atoms with E-state index in [1.807, 2.05) is 13.8 Å². The molecule has 0 saturated heterocycles. The van der Waals surface area contributed by atoms with Crippen molar-refractivity contribution in [1.29, 1.82) is 0 Å². The van der Waals surface area contributed by atoms with E-state index in [1.165, 1.54) is 0 Å². The summed E-state index contributed by atoms with van der Waals surface area (Å²) in [5.41, 5.74) is 0. The normalized spacial score (nSPS) is 11.6. The molecule has 1 N–H and O–H groups in total. The Morgan fingerprint density at radius 3 is 2.53 bits per heavy atom. The number of nitrogens with one attached hydrogen (secondary N) is 1. The van der Waals surface area contributed by atoms with E-state index in [-0.39, 0.29) is 6.10 Å². The Bertz CT molecular complexity index is 310. The van der Waals surface area contributed by atoms with E-state index in [0.717, 1.165) is 19.4 Å². The predicted octanol–water partition coefficient (Wildman–Crippen LogP) is 1.93. The summed E-state index contributed by atoms with van der Waals surface area (Å²) in [6, 6.07) is 0.521. The number of hydrogen-bond donors (Lipinski definition) is 1. The van der Waals surface area contributed by atoms with E-state index in [9.17, 15) is 0 Å². The van der Waals surface area contributed by atoms with Gasteiger partial charge in [0.2, 0.25) is 11.8 Å². The van der Waals surface area contributed by atoms with E-state index in [1.54, 1.807) is 0 Å². The van der Waals surface area contributed by atoms with Crippen molar-refractivity contribution in [3.8, 4) is 0 Å². The third kappa shape index (κ3) is 6.38. The van der Waals surface area contributed by atoms with Crippen molar-refractivity contribution < 1.29 is 9.15 Å². The average Bonchev–Trinajstić information content (AvgIpc) is 2.69. The molecule has 0 aliphatic carbocycles. The first-order valence-electron chi connectivity index (χ1n) is 6.24. The third-order valence-electron chi connectivity index (χ3n) is 2.17. The summed E-state index contributed by atoms with van der Waals surface area (Å²) >= 11 is 0. The van der Waals surface area contributed by atoms with Crippen LogP contribution in [0.2, 0.25) is 0 Å². The van der Waals surface area contributed by atoms with E-state index >= 15 is 0 Å². The molecular formula is C12H23N3O2. The first-order valence-corrected chi connectivity index (χ1v) is 6.24. The van der Waals surface area contributed by atoms with Crippen LogP contribution >= 0.6 is 0 Å². The van der Waals surface area contributed by atoms with Crippen LogP contribution in [0, 0.1) is 0 Å². The van der Waals surface area contributed by atoms with Crippen molar-refractivity contribution in [1.82, 2.24) is 15.5 Å². The molecule has 5 nitrogen and oxygen atoms in total. The maximum Gasteiger partial charge on any atom is 0.242 e. The molecule has 1 rings (SSSR count). The van der Waals surface area contributed by atoms with Crippen molar-refractivity contribution in [2.75, 3.05) is 6.54 Å². The maximum atomic E-state index is 5.47. The molecule has 0 fully saturated rings. The van der Waals surface area contributed by atoms with Gasteiger partial charge in [0.05, 0.1) is 6.10 Å². The Kier molecular flexibility index (Phi) is 6.15. The standard InChI is InChI=1S/C12H23N3O2/c1-9(2)13-7-5-6-11-14-15-12(17-11)8-16-10(3)4/h9-10,13H,5-8H2,1-4H3. The number of rotatable bonds is 8. The molecule has 98 valence electrons. The lowest BCUT2D eigenvalue weighted by atomic mass is 10.3. The van der Waals surface area contributed by atoms with Gasteiger partial charge in [0, 0.05) is 12.5 Å². The van der Waals surface area contributed by atoms with Crippen molar-refractivity contribution in [3.05, 3.63) is 11.8 Å². The van der Waals surface area contributed by atoms with E-state index in [0.29, 0.717) is 24.4 Å². The number of nitrogens with zero attached hydrogens (tertiary/aromatic N) is 2. The molecule has 0 aromatic carbocycles. The maximum absolute atomic E-state index is 5.47. The lowest BCUT2D eigenvalue weighted by molar-refractivity contribution is 0.0511. The van der Waals surface area contributed by atoms with Crippen molar-refractivity contribution in [2.24, 2.45) is 0 Å². The van der Waals surface area contributed by atoms with Gasteiger partial charge in [-0.15, -0.1) is 10.2 Å². The Balaban J connectivity index is 2.21. The van der Waals surface area contributed by atoms with Gasteiger partial charge in [-0.1, -0.05) is 13.8 Å². The van der Waals surface area contributed by atoms with Gasteiger partial charge in [0.15, 0.2) is 0 Å². The lowest BCUT2D eigenvalue weighted by Crippen LogP contribution is -2.23. The average molecular weight is 241 g/mol. The molecule has 0 radical (unpaired) electrons. The molecule has 0 atom stereocenters. The highest BCUT2D eigenvalue weighted by Crippen LogP contribution is 2.05. The van der Waals surface area contributed by atoms with Gasteiger partial charge in [0.25, 0.3) is 0 Å². The van der Waals surface area contributed by atoms with Crippen LogP contribution in [0.5, 0.6) is 0 Å². The first-order chi connectivity index (χ1) is 8.08. The zero-order valence-corrected chi connectivity index (χ0v) is 11.2. The third-order valence-corrected chi connectivity index (χ3v) is 2.17. The molecule has 0 amide bonds. The van der Waals surface area contributed by atoms with Crippen LogP contribution in [0.25, 0.3) is 0 Å². The highest BCUT2D eigenvalue weighted by molar-refractivity contribution is 4.80. The smallest absolute Gasteiger partial charge is 0.242 e. The second-order valence-corrected chi connectivity index (χ2v) is 4.66. The zero-order valence-electron chi connectivity index (χ0n) is 11.2. The molecule has 0 aliphatic heterocycles.